The Bertz CT molecular complexity index is 669. The van der Waals surface area contributed by atoms with Crippen LogP contribution in [-0.4, -0.2) is 18.8 Å². The van der Waals surface area contributed by atoms with Gasteiger partial charge in [-0.3, -0.25) is 4.99 Å². The van der Waals surface area contributed by atoms with Crippen LogP contribution in [0.15, 0.2) is 58.4 Å². The summed E-state index contributed by atoms with van der Waals surface area (Å²) in [6.07, 6.45) is 2.07. The van der Waals surface area contributed by atoms with Gasteiger partial charge in [0.05, 0.1) is 12.6 Å². The minimum absolute atomic E-state index is 0.124. The number of rotatable bonds is 3. The second-order valence-corrected chi connectivity index (χ2v) is 6.15. The zero-order chi connectivity index (χ0) is 14.8. The Morgan fingerprint density at radius 2 is 2.00 bits per heavy atom. The van der Waals surface area contributed by atoms with Crippen LogP contribution in [-0.2, 0) is 0 Å². The molecule has 2 N–H and O–H groups in total. The third-order valence-electron chi connectivity index (χ3n) is 3.57. The molecule has 1 atom stereocenters. The van der Waals surface area contributed by atoms with Crippen molar-refractivity contribution in [1.82, 2.24) is 0 Å². The summed E-state index contributed by atoms with van der Waals surface area (Å²) in [6.45, 7) is 0.664. The standard InChI is InChI=1S/C16H16ClN3S/c1-21-14-7-5-11(6-8-14)15-10-19-16(18)20(15)13-4-2-3-12(17)9-13/h2-9,15H,10H2,1H3,(H2,18,19). The summed E-state index contributed by atoms with van der Waals surface area (Å²) in [6, 6.07) is 16.4. The molecule has 1 aliphatic heterocycles. The molecule has 1 unspecified atom stereocenters. The third-order valence-corrected chi connectivity index (χ3v) is 4.55. The van der Waals surface area contributed by atoms with E-state index in [4.69, 9.17) is 17.3 Å². The predicted molar refractivity (Wildman–Crippen MR) is 91.4 cm³/mol. The monoisotopic (exact) mass is 317 g/mol. The summed E-state index contributed by atoms with van der Waals surface area (Å²) in [7, 11) is 0. The largest absolute Gasteiger partial charge is 0.369 e. The lowest BCUT2D eigenvalue weighted by molar-refractivity contribution is 0.768. The van der Waals surface area contributed by atoms with Crippen LogP contribution in [0.2, 0.25) is 5.02 Å². The molecule has 108 valence electrons. The summed E-state index contributed by atoms with van der Waals surface area (Å²) in [4.78, 5) is 7.69. The summed E-state index contributed by atoms with van der Waals surface area (Å²) >= 11 is 7.83. The topological polar surface area (TPSA) is 41.6 Å². The highest BCUT2D eigenvalue weighted by atomic mass is 35.5. The van der Waals surface area contributed by atoms with Gasteiger partial charge in [0.1, 0.15) is 0 Å². The number of nitrogens with two attached hydrogens (primary N) is 1. The van der Waals surface area contributed by atoms with E-state index >= 15 is 0 Å². The van der Waals surface area contributed by atoms with Crippen LogP contribution in [0.5, 0.6) is 0 Å². The average Bonchev–Trinajstić information content (AvgIpc) is 2.89. The van der Waals surface area contributed by atoms with E-state index in [2.05, 4.69) is 35.5 Å². The molecule has 0 spiro atoms. The van der Waals surface area contributed by atoms with Gasteiger partial charge in [0.15, 0.2) is 5.96 Å². The number of aliphatic imine (C=N–C) groups is 1. The fourth-order valence-electron chi connectivity index (χ4n) is 2.52. The van der Waals surface area contributed by atoms with Gasteiger partial charge in [-0.2, -0.15) is 0 Å². The van der Waals surface area contributed by atoms with E-state index in [1.54, 1.807) is 11.8 Å². The lowest BCUT2D eigenvalue weighted by atomic mass is 10.1. The molecular formula is C16H16ClN3S. The molecule has 0 aliphatic carbocycles. The molecule has 2 aromatic carbocycles. The Balaban J connectivity index is 1.94. The molecule has 1 heterocycles. The SMILES string of the molecule is CSc1ccc(C2CN=C(N)N2c2cccc(Cl)c2)cc1. The molecule has 0 aromatic heterocycles. The molecule has 1 aliphatic rings. The van der Waals surface area contributed by atoms with Gasteiger partial charge in [-0.25, -0.2) is 0 Å². The van der Waals surface area contributed by atoms with Gasteiger partial charge in [-0.1, -0.05) is 29.8 Å². The van der Waals surface area contributed by atoms with E-state index in [-0.39, 0.29) is 6.04 Å². The van der Waals surface area contributed by atoms with Crippen LogP contribution < -0.4 is 10.6 Å². The van der Waals surface area contributed by atoms with E-state index in [9.17, 15) is 0 Å². The number of anilines is 1. The molecule has 3 rings (SSSR count). The van der Waals surface area contributed by atoms with Crippen molar-refractivity contribution in [2.45, 2.75) is 10.9 Å². The summed E-state index contributed by atoms with van der Waals surface area (Å²) in [5.41, 5.74) is 8.25. The fraction of sp³-hybridized carbons (Fsp3) is 0.188. The molecule has 0 amide bonds. The minimum Gasteiger partial charge on any atom is -0.369 e. The number of benzene rings is 2. The second-order valence-electron chi connectivity index (χ2n) is 4.84. The minimum atomic E-state index is 0.124. The molecule has 2 aromatic rings. The van der Waals surface area contributed by atoms with Crippen molar-refractivity contribution in [3.63, 3.8) is 0 Å². The summed E-state index contributed by atoms with van der Waals surface area (Å²) in [5.74, 6) is 0.538. The van der Waals surface area contributed by atoms with Gasteiger partial charge in [0.2, 0.25) is 0 Å². The highest BCUT2D eigenvalue weighted by Gasteiger charge is 2.28. The number of halogens is 1. The Hall–Kier alpha value is -1.65. The van der Waals surface area contributed by atoms with Gasteiger partial charge in [-0.15, -0.1) is 11.8 Å². The maximum Gasteiger partial charge on any atom is 0.196 e. The Morgan fingerprint density at radius 3 is 2.67 bits per heavy atom. The molecule has 0 bridgehead atoms. The first kappa shape index (κ1) is 14.3. The molecule has 21 heavy (non-hydrogen) atoms. The second kappa shape index (κ2) is 6.00. The number of guanidine groups is 1. The number of hydrogen-bond acceptors (Lipinski definition) is 4. The third kappa shape index (κ3) is 2.87. The zero-order valence-corrected chi connectivity index (χ0v) is 13.2. The highest BCUT2D eigenvalue weighted by Crippen LogP contribution is 2.32. The van der Waals surface area contributed by atoms with Crippen LogP contribution in [0.3, 0.4) is 0 Å². The van der Waals surface area contributed by atoms with Gasteiger partial charge in [-0.05, 0) is 42.2 Å². The molecular weight excluding hydrogens is 302 g/mol. The van der Waals surface area contributed by atoms with Gasteiger partial charge in [0, 0.05) is 15.6 Å². The van der Waals surface area contributed by atoms with Crippen LogP contribution in [0.1, 0.15) is 11.6 Å². The Labute approximate surface area is 133 Å². The van der Waals surface area contributed by atoms with Crippen molar-refractivity contribution in [2.75, 3.05) is 17.7 Å². The maximum atomic E-state index is 6.09. The van der Waals surface area contributed by atoms with Gasteiger partial charge in [0.25, 0.3) is 0 Å². The Kier molecular flexibility index (Phi) is 4.08. The molecule has 0 radical (unpaired) electrons. The highest BCUT2D eigenvalue weighted by molar-refractivity contribution is 7.98. The maximum absolute atomic E-state index is 6.09. The Morgan fingerprint density at radius 1 is 1.24 bits per heavy atom. The summed E-state index contributed by atoms with van der Waals surface area (Å²) < 4.78 is 0. The predicted octanol–water partition coefficient (Wildman–Crippen LogP) is 3.94. The molecule has 0 saturated carbocycles. The van der Waals surface area contributed by atoms with Gasteiger partial charge >= 0.3 is 0 Å². The fourth-order valence-corrected chi connectivity index (χ4v) is 3.11. The van der Waals surface area contributed by atoms with E-state index in [1.807, 2.05) is 29.2 Å². The van der Waals surface area contributed by atoms with Gasteiger partial charge < -0.3 is 10.6 Å². The quantitative estimate of drug-likeness (QED) is 0.872. The number of hydrogen-bond donors (Lipinski definition) is 1. The van der Waals surface area contributed by atoms with Crippen molar-refractivity contribution < 1.29 is 0 Å². The van der Waals surface area contributed by atoms with Crippen molar-refractivity contribution >= 4 is 35.0 Å². The lowest BCUT2D eigenvalue weighted by Gasteiger charge is -2.27. The molecule has 3 nitrogen and oxygen atoms in total. The van der Waals surface area contributed by atoms with E-state index in [0.717, 1.165) is 5.69 Å². The lowest BCUT2D eigenvalue weighted by Crippen LogP contribution is -2.36. The van der Waals surface area contributed by atoms with Crippen molar-refractivity contribution in [3.05, 3.63) is 59.1 Å². The van der Waals surface area contributed by atoms with E-state index < -0.39 is 0 Å². The first-order valence-electron chi connectivity index (χ1n) is 6.67. The molecule has 5 heteroatoms. The van der Waals surface area contributed by atoms with Crippen LogP contribution in [0, 0.1) is 0 Å². The number of nitrogens with zero attached hydrogens (tertiary/aromatic N) is 2. The zero-order valence-electron chi connectivity index (χ0n) is 11.7. The smallest absolute Gasteiger partial charge is 0.196 e. The number of thioether (sulfide) groups is 1. The first-order valence-corrected chi connectivity index (χ1v) is 8.28. The first-order chi connectivity index (χ1) is 10.2. The average molecular weight is 318 g/mol. The van der Waals surface area contributed by atoms with E-state index in [1.165, 1.54) is 10.5 Å². The van der Waals surface area contributed by atoms with Crippen molar-refractivity contribution in [3.8, 4) is 0 Å². The van der Waals surface area contributed by atoms with Crippen LogP contribution in [0.25, 0.3) is 0 Å². The van der Waals surface area contributed by atoms with Crippen molar-refractivity contribution in [2.24, 2.45) is 10.7 Å². The van der Waals surface area contributed by atoms with Crippen LogP contribution >= 0.6 is 23.4 Å². The van der Waals surface area contributed by atoms with Crippen LogP contribution in [0.4, 0.5) is 5.69 Å². The summed E-state index contributed by atoms with van der Waals surface area (Å²) in [5, 5.41) is 0.698. The molecule has 0 saturated heterocycles. The molecule has 0 fully saturated rings. The van der Waals surface area contributed by atoms with Crippen molar-refractivity contribution in [1.29, 1.82) is 0 Å². The normalized spacial score (nSPS) is 17.9. The van der Waals surface area contributed by atoms with E-state index in [0.29, 0.717) is 17.5 Å².